The topological polar surface area (TPSA) is 90.4 Å². The normalized spacial score (nSPS) is 10.4. The summed E-state index contributed by atoms with van der Waals surface area (Å²) in [4.78, 5) is 11.4. The van der Waals surface area contributed by atoms with Crippen molar-refractivity contribution in [2.24, 2.45) is 5.73 Å². The lowest BCUT2D eigenvalue weighted by Crippen LogP contribution is -2.23. The van der Waals surface area contributed by atoms with Gasteiger partial charge in [0, 0.05) is 23.7 Å². The molecule has 0 radical (unpaired) electrons. The van der Waals surface area contributed by atoms with E-state index >= 15 is 0 Å². The summed E-state index contributed by atoms with van der Waals surface area (Å²) in [6.45, 7) is 1.84. The van der Waals surface area contributed by atoms with E-state index in [9.17, 15) is 4.79 Å². The van der Waals surface area contributed by atoms with Crippen molar-refractivity contribution in [3.8, 4) is 0 Å². The van der Waals surface area contributed by atoms with Gasteiger partial charge in [-0.2, -0.15) is 0 Å². The number of primary amides is 1. The first kappa shape index (κ1) is 12.0. The van der Waals surface area contributed by atoms with Crippen LogP contribution in [0.2, 0.25) is 0 Å². The number of thiophene rings is 1. The van der Waals surface area contributed by atoms with Crippen LogP contribution in [0.3, 0.4) is 0 Å². The van der Waals surface area contributed by atoms with Gasteiger partial charge in [-0.05, 0) is 11.4 Å². The van der Waals surface area contributed by atoms with Crippen LogP contribution >= 0.6 is 11.3 Å². The molecule has 6 heteroatoms. The Balaban J connectivity index is 2.03. The van der Waals surface area contributed by atoms with Crippen LogP contribution < -0.4 is 16.8 Å². The van der Waals surface area contributed by atoms with Gasteiger partial charge in [-0.3, -0.25) is 4.79 Å². The fourth-order valence-electron chi connectivity index (χ4n) is 1.01. The molecule has 1 heterocycles. The van der Waals surface area contributed by atoms with Crippen LogP contribution in [0.4, 0.5) is 5.69 Å². The molecule has 15 heavy (non-hydrogen) atoms. The molecule has 5 N–H and O–H groups in total. The quantitative estimate of drug-likeness (QED) is 0.570. The standard InChI is InChI=1S/C9H15N3O2S/c10-7-1-4-15-8(7)5-12-2-3-14-6-9(11)13/h1,4,12H,2-3,5-6,10H2,(H2,11,13). The molecule has 1 aromatic rings. The Hall–Kier alpha value is -1.11. The Bertz CT molecular complexity index is 314. The van der Waals surface area contributed by atoms with Crippen LogP contribution in [-0.4, -0.2) is 25.7 Å². The maximum Gasteiger partial charge on any atom is 0.243 e. The smallest absolute Gasteiger partial charge is 0.243 e. The Labute approximate surface area is 92.4 Å². The van der Waals surface area contributed by atoms with Crippen LogP contribution in [0.1, 0.15) is 4.88 Å². The van der Waals surface area contributed by atoms with E-state index in [4.69, 9.17) is 16.2 Å². The maximum atomic E-state index is 10.3. The highest BCUT2D eigenvalue weighted by molar-refractivity contribution is 7.10. The molecule has 0 fully saturated rings. The summed E-state index contributed by atoms with van der Waals surface area (Å²) >= 11 is 1.62. The average molecular weight is 229 g/mol. The molecule has 0 aliphatic rings. The van der Waals surface area contributed by atoms with E-state index in [0.29, 0.717) is 13.2 Å². The third-order valence-electron chi connectivity index (χ3n) is 1.73. The number of carbonyl (C=O) groups is 1. The molecule has 1 aromatic heterocycles. The van der Waals surface area contributed by atoms with Crippen molar-refractivity contribution < 1.29 is 9.53 Å². The number of nitrogen functional groups attached to an aromatic ring is 1. The fourth-order valence-corrected chi connectivity index (χ4v) is 1.78. The van der Waals surface area contributed by atoms with Gasteiger partial charge in [0.2, 0.25) is 5.91 Å². The molecular weight excluding hydrogens is 214 g/mol. The molecule has 0 aromatic carbocycles. The number of carbonyl (C=O) groups excluding carboxylic acids is 1. The number of ether oxygens (including phenoxy) is 1. The SMILES string of the molecule is NC(=O)COCCNCc1sccc1N. The fraction of sp³-hybridized carbons (Fsp3) is 0.444. The second-order valence-corrected chi connectivity index (χ2v) is 4.00. The highest BCUT2D eigenvalue weighted by Gasteiger charge is 1.99. The van der Waals surface area contributed by atoms with Crippen molar-refractivity contribution in [2.75, 3.05) is 25.5 Å². The minimum atomic E-state index is -0.447. The zero-order valence-electron chi connectivity index (χ0n) is 8.36. The molecule has 84 valence electrons. The summed E-state index contributed by atoms with van der Waals surface area (Å²) in [5.41, 5.74) is 11.4. The molecule has 0 atom stereocenters. The van der Waals surface area contributed by atoms with Crippen LogP contribution in [0.25, 0.3) is 0 Å². The van der Waals surface area contributed by atoms with Gasteiger partial charge < -0.3 is 21.5 Å². The second-order valence-electron chi connectivity index (χ2n) is 2.99. The zero-order valence-corrected chi connectivity index (χ0v) is 9.18. The first-order chi connectivity index (χ1) is 7.20. The van der Waals surface area contributed by atoms with Crippen molar-refractivity contribution in [1.82, 2.24) is 5.32 Å². The number of anilines is 1. The van der Waals surface area contributed by atoms with Crippen molar-refractivity contribution >= 4 is 22.9 Å². The van der Waals surface area contributed by atoms with Crippen LogP contribution in [-0.2, 0) is 16.1 Å². The number of nitrogens with one attached hydrogen (secondary N) is 1. The lowest BCUT2D eigenvalue weighted by Gasteiger charge is -2.04. The van der Waals surface area contributed by atoms with E-state index in [1.807, 2.05) is 11.4 Å². The van der Waals surface area contributed by atoms with E-state index in [0.717, 1.165) is 17.1 Å². The van der Waals surface area contributed by atoms with Gasteiger partial charge in [0.05, 0.1) is 6.61 Å². The van der Waals surface area contributed by atoms with Gasteiger partial charge in [0.25, 0.3) is 0 Å². The first-order valence-corrected chi connectivity index (χ1v) is 5.46. The summed E-state index contributed by atoms with van der Waals surface area (Å²) in [6, 6.07) is 1.88. The Morgan fingerprint density at radius 2 is 2.40 bits per heavy atom. The van der Waals surface area contributed by atoms with E-state index in [-0.39, 0.29) is 6.61 Å². The van der Waals surface area contributed by atoms with Gasteiger partial charge >= 0.3 is 0 Å². The molecule has 1 amide bonds. The van der Waals surface area contributed by atoms with Crippen LogP contribution in [0.5, 0.6) is 0 Å². The summed E-state index contributed by atoms with van der Waals surface area (Å²) < 4.78 is 4.98. The number of rotatable bonds is 7. The van der Waals surface area contributed by atoms with E-state index in [2.05, 4.69) is 5.32 Å². The summed E-state index contributed by atoms with van der Waals surface area (Å²) in [6.07, 6.45) is 0. The lowest BCUT2D eigenvalue weighted by atomic mass is 10.4. The number of amides is 1. The molecule has 0 saturated heterocycles. The van der Waals surface area contributed by atoms with Crippen molar-refractivity contribution in [2.45, 2.75) is 6.54 Å². The Morgan fingerprint density at radius 3 is 3.00 bits per heavy atom. The number of hydrogen-bond acceptors (Lipinski definition) is 5. The molecule has 1 rings (SSSR count). The third kappa shape index (κ3) is 4.78. The van der Waals surface area contributed by atoms with Gasteiger partial charge in [-0.1, -0.05) is 0 Å². The van der Waals surface area contributed by atoms with Crippen LogP contribution in [0.15, 0.2) is 11.4 Å². The lowest BCUT2D eigenvalue weighted by molar-refractivity contribution is -0.122. The Morgan fingerprint density at radius 1 is 1.60 bits per heavy atom. The highest BCUT2D eigenvalue weighted by Crippen LogP contribution is 2.17. The summed E-state index contributed by atoms with van der Waals surface area (Å²) in [5.74, 6) is -0.447. The minimum Gasteiger partial charge on any atom is -0.398 e. The number of hydrogen-bond donors (Lipinski definition) is 3. The third-order valence-corrected chi connectivity index (χ3v) is 2.67. The van der Waals surface area contributed by atoms with Crippen molar-refractivity contribution in [3.05, 3.63) is 16.3 Å². The molecule has 0 saturated carbocycles. The second kappa shape index (κ2) is 6.39. The molecular formula is C9H15N3O2S. The highest BCUT2D eigenvalue weighted by atomic mass is 32.1. The monoisotopic (exact) mass is 229 g/mol. The number of nitrogens with two attached hydrogens (primary N) is 2. The Kier molecular flexibility index (Phi) is 5.09. The largest absolute Gasteiger partial charge is 0.398 e. The predicted molar refractivity (Wildman–Crippen MR) is 60.5 cm³/mol. The molecule has 0 aliphatic carbocycles. The summed E-state index contributed by atoms with van der Waals surface area (Å²) in [5, 5.41) is 5.11. The van der Waals surface area contributed by atoms with E-state index in [1.54, 1.807) is 11.3 Å². The van der Waals surface area contributed by atoms with E-state index < -0.39 is 5.91 Å². The zero-order chi connectivity index (χ0) is 11.1. The van der Waals surface area contributed by atoms with Gasteiger partial charge in [-0.15, -0.1) is 11.3 Å². The van der Waals surface area contributed by atoms with Crippen LogP contribution in [0, 0.1) is 0 Å². The molecule has 5 nitrogen and oxygen atoms in total. The summed E-state index contributed by atoms with van der Waals surface area (Å²) in [7, 11) is 0. The average Bonchev–Trinajstić information content (AvgIpc) is 2.57. The van der Waals surface area contributed by atoms with Gasteiger partial charge in [-0.25, -0.2) is 0 Å². The molecule has 0 spiro atoms. The molecule has 0 unspecified atom stereocenters. The minimum absolute atomic E-state index is 0.0250. The predicted octanol–water partition coefficient (Wildman–Crippen LogP) is -0.0782. The van der Waals surface area contributed by atoms with E-state index in [1.165, 1.54) is 0 Å². The van der Waals surface area contributed by atoms with Gasteiger partial charge in [0.1, 0.15) is 6.61 Å². The first-order valence-electron chi connectivity index (χ1n) is 4.58. The van der Waals surface area contributed by atoms with Gasteiger partial charge in [0.15, 0.2) is 0 Å². The van der Waals surface area contributed by atoms with Crippen molar-refractivity contribution in [3.63, 3.8) is 0 Å². The van der Waals surface area contributed by atoms with Crippen molar-refractivity contribution in [1.29, 1.82) is 0 Å². The maximum absolute atomic E-state index is 10.3. The molecule has 0 bridgehead atoms. The molecule has 0 aliphatic heterocycles.